The summed E-state index contributed by atoms with van der Waals surface area (Å²) in [5.41, 5.74) is 4.83. The maximum Gasteiger partial charge on any atom is 0.0273 e. The van der Waals surface area contributed by atoms with Crippen LogP contribution in [0.1, 0.15) is 36.8 Å². The normalized spacial score (nSPS) is 24.8. The first-order chi connectivity index (χ1) is 11.3. The second kappa shape index (κ2) is 6.29. The third kappa shape index (κ3) is 3.23. The van der Waals surface area contributed by atoms with E-state index >= 15 is 0 Å². The first-order valence-corrected chi connectivity index (χ1v) is 8.69. The summed E-state index contributed by atoms with van der Waals surface area (Å²) in [5, 5.41) is 0. The average molecular weight is 304 g/mol. The molecule has 2 heteroatoms. The molecule has 1 unspecified atom stereocenters. The topological polar surface area (TPSA) is 16.1 Å². The minimum Gasteiger partial charge on any atom is -0.298 e. The van der Waals surface area contributed by atoms with Crippen LogP contribution in [0.25, 0.3) is 5.57 Å². The van der Waals surface area contributed by atoms with Crippen LogP contribution in [0.5, 0.6) is 0 Å². The highest BCUT2D eigenvalue weighted by Gasteiger charge is 2.38. The molecule has 2 heterocycles. The summed E-state index contributed by atoms with van der Waals surface area (Å²) in [7, 11) is 0. The van der Waals surface area contributed by atoms with Gasteiger partial charge in [-0.15, -0.1) is 0 Å². The Kier molecular flexibility index (Phi) is 4.00. The van der Waals surface area contributed by atoms with E-state index in [1.165, 1.54) is 55.5 Å². The minimum absolute atomic E-state index is 0.519. The lowest BCUT2D eigenvalue weighted by Gasteiger charge is -2.33. The van der Waals surface area contributed by atoms with Crippen LogP contribution in [-0.4, -0.2) is 23.0 Å². The molecule has 1 aliphatic heterocycles. The van der Waals surface area contributed by atoms with Crippen molar-refractivity contribution in [3.8, 4) is 0 Å². The molecule has 23 heavy (non-hydrogen) atoms. The van der Waals surface area contributed by atoms with E-state index in [1.54, 1.807) is 0 Å². The molecular weight excluding hydrogens is 280 g/mol. The standard InChI is InChI=1S/C21H24N2/c1-2-4-18(5-3-1)16-23-15-12-21(17-23)10-6-19(7-11-21)20-8-13-22-14-9-20/h1-6,8-9,13-14H,7,10-12,15-17H2. The van der Waals surface area contributed by atoms with Crippen molar-refractivity contribution >= 4 is 5.57 Å². The molecule has 0 saturated carbocycles. The Bertz CT molecular complexity index is 678. The number of likely N-dealkylation sites (tertiary alicyclic amines) is 1. The van der Waals surface area contributed by atoms with Gasteiger partial charge in [-0.25, -0.2) is 0 Å². The molecule has 1 atom stereocenters. The van der Waals surface area contributed by atoms with E-state index in [4.69, 9.17) is 0 Å². The van der Waals surface area contributed by atoms with Crippen LogP contribution in [0.15, 0.2) is 60.9 Å². The fourth-order valence-corrected chi connectivity index (χ4v) is 4.15. The van der Waals surface area contributed by atoms with Gasteiger partial charge in [0.05, 0.1) is 0 Å². The smallest absolute Gasteiger partial charge is 0.0273 e. The van der Waals surface area contributed by atoms with Gasteiger partial charge in [0.25, 0.3) is 0 Å². The Morgan fingerprint density at radius 1 is 1.00 bits per heavy atom. The zero-order valence-corrected chi connectivity index (χ0v) is 13.6. The van der Waals surface area contributed by atoms with Crippen LogP contribution in [0.4, 0.5) is 0 Å². The molecule has 118 valence electrons. The molecule has 1 saturated heterocycles. The van der Waals surface area contributed by atoms with Crippen molar-refractivity contribution in [2.24, 2.45) is 5.41 Å². The van der Waals surface area contributed by atoms with Gasteiger partial charge in [-0.05, 0) is 66.5 Å². The van der Waals surface area contributed by atoms with E-state index < -0.39 is 0 Å². The SMILES string of the molecule is C1=C(c2ccncc2)CCC2(C1)CCN(Cc1ccccc1)C2. The number of nitrogens with zero attached hydrogens (tertiary/aromatic N) is 2. The van der Waals surface area contributed by atoms with Crippen molar-refractivity contribution in [3.63, 3.8) is 0 Å². The van der Waals surface area contributed by atoms with Gasteiger partial charge in [0.2, 0.25) is 0 Å². The van der Waals surface area contributed by atoms with Crippen molar-refractivity contribution in [1.29, 1.82) is 0 Å². The number of hydrogen-bond acceptors (Lipinski definition) is 2. The molecule has 2 nitrogen and oxygen atoms in total. The number of benzene rings is 1. The van der Waals surface area contributed by atoms with E-state index in [1.807, 2.05) is 12.4 Å². The van der Waals surface area contributed by atoms with Gasteiger partial charge in [-0.1, -0.05) is 36.4 Å². The molecule has 1 aromatic carbocycles. The van der Waals surface area contributed by atoms with Gasteiger partial charge in [-0.3, -0.25) is 9.88 Å². The monoisotopic (exact) mass is 304 g/mol. The first kappa shape index (κ1) is 14.6. The van der Waals surface area contributed by atoms with E-state index in [0.29, 0.717) is 5.41 Å². The number of aromatic nitrogens is 1. The van der Waals surface area contributed by atoms with Crippen molar-refractivity contribution < 1.29 is 0 Å². The third-order valence-electron chi connectivity index (χ3n) is 5.52. The van der Waals surface area contributed by atoms with Crippen LogP contribution in [0.2, 0.25) is 0 Å². The van der Waals surface area contributed by atoms with Crippen molar-refractivity contribution in [2.45, 2.75) is 32.2 Å². The zero-order valence-electron chi connectivity index (χ0n) is 13.6. The zero-order chi connectivity index (χ0) is 15.5. The summed E-state index contributed by atoms with van der Waals surface area (Å²) in [5.74, 6) is 0. The largest absolute Gasteiger partial charge is 0.298 e. The summed E-state index contributed by atoms with van der Waals surface area (Å²) >= 11 is 0. The minimum atomic E-state index is 0.519. The molecule has 1 aliphatic carbocycles. The highest BCUT2D eigenvalue weighted by atomic mass is 15.2. The Morgan fingerprint density at radius 3 is 2.57 bits per heavy atom. The van der Waals surface area contributed by atoms with Crippen LogP contribution in [0, 0.1) is 5.41 Å². The van der Waals surface area contributed by atoms with Crippen molar-refractivity contribution in [2.75, 3.05) is 13.1 Å². The average Bonchev–Trinajstić information content (AvgIpc) is 2.99. The van der Waals surface area contributed by atoms with E-state index in [2.05, 4.69) is 58.4 Å². The molecule has 0 bridgehead atoms. The van der Waals surface area contributed by atoms with Crippen LogP contribution in [-0.2, 0) is 6.54 Å². The molecule has 2 aliphatic rings. The lowest BCUT2D eigenvalue weighted by Crippen LogP contribution is -2.28. The summed E-state index contributed by atoms with van der Waals surface area (Å²) in [4.78, 5) is 6.77. The fraction of sp³-hybridized carbons (Fsp3) is 0.381. The van der Waals surface area contributed by atoms with Crippen molar-refractivity contribution in [3.05, 3.63) is 72.1 Å². The van der Waals surface area contributed by atoms with E-state index in [0.717, 1.165) is 6.54 Å². The lowest BCUT2D eigenvalue weighted by molar-refractivity contribution is 0.235. The Labute approximate surface area is 138 Å². The van der Waals surface area contributed by atoms with Crippen molar-refractivity contribution in [1.82, 2.24) is 9.88 Å². The molecular formula is C21H24N2. The van der Waals surface area contributed by atoms with Gasteiger partial charge in [-0.2, -0.15) is 0 Å². The van der Waals surface area contributed by atoms with E-state index in [9.17, 15) is 0 Å². The predicted octanol–water partition coefficient (Wildman–Crippen LogP) is 4.54. The number of hydrogen-bond donors (Lipinski definition) is 0. The molecule has 1 aromatic heterocycles. The maximum absolute atomic E-state index is 4.13. The molecule has 0 radical (unpaired) electrons. The van der Waals surface area contributed by atoms with Gasteiger partial charge < -0.3 is 0 Å². The Morgan fingerprint density at radius 2 is 1.83 bits per heavy atom. The van der Waals surface area contributed by atoms with Crippen LogP contribution < -0.4 is 0 Å². The van der Waals surface area contributed by atoms with Gasteiger partial charge in [0.15, 0.2) is 0 Å². The van der Waals surface area contributed by atoms with E-state index in [-0.39, 0.29) is 0 Å². The Balaban J connectivity index is 1.41. The molecule has 2 aromatic rings. The molecule has 0 N–H and O–H groups in total. The molecule has 4 rings (SSSR count). The summed E-state index contributed by atoms with van der Waals surface area (Å²) in [6.45, 7) is 3.60. The quantitative estimate of drug-likeness (QED) is 0.827. The van der Waals surface area contributed by atoms with Crippen LogP contribution in [0.3, 0.4) is 0 Å². The fourth-order valence-electron chi connectivity index (χ4n) is 4.15. The summed E-state index contributed by atoms with van der Waals surface area (Å²) in [6.07, 6.45) is 11.4. The molecule has 1 fully saturated rings. The third-order valence-corrected chi connectivity index (χ3v) is 5.52. The predicted molar refractivity (Wildman–Crippen MR) is 94.8 cm³/mol. The first-order valence-electron chi connectivity index (χ1n) is 8.69. The Hall–Kier alpha value is -1.93. The summed E-state index contributed by atoms with van der Waals surface area (Å²) < 4.78 is 0. The van der Waals surface area contributed by atoms with Gasteiger partial charge >= 0.3 is 0 Å². The second-order valence-corrected chi connectivity index (χ2v) is 7.12. The highest BCUT2D eigenvalue weighted by molar-refractivity contribution is 5.66. The van der Waals surface area contributed by atoms with Gasteiger partial charge in [0, 0.05) is 25.5 Å². The maximum atomic E-state index is 4.13. The second-order valence-electron chi connectivity index (χ2n) is 7.12. The number of pyridine rings is 1. The molecule has 1 spiro atoms. The lowest BCUT2D eigenvalue weighted by atomic mass is 9.73. The number of allylic oxidation sites excluding steroid dienone is 2. The molecule has 0 amide bonds. The van der Waals surface area contributed by atoms with Crippen LogP contribution >= 0.6 is 0 Å². The van der Waals surface area contributed by atoms with Gasteiger partial charge in [0.1, 0.15) is 0 Å². The number of rotatable bonds is 3. The summed E-state index contributed by atoms with van der Waals surface area (Å²) in [6, 6.07) is 15.2. The highest BCUT2D eigenvalue weighted by Crippen LogP contribution is 2.45.